The van der Waals surface area contributed by atoms with Gasteiger partial charge in [0, 0.05) is 24.8 Å². The molecule has 0 aliphatic carbocycles. The van der Waals surface area contributed by atoms with Gasteiger partial charge in [0.15, 0.2) is 0 Å². The molecule has 0 radical (unpaired) electrons. The average molecular weight is 291 g/mol. The lowest BCUT2D eigenvalue weighted by Crippen LogP contribution is -2.49. The largest absolute Gasteiger partial charge is 0.399 e. The molecular formula is C16H22FN3O. The molecule has 2 fully saturated rings. The normalized spacial score (nSPS) is 23.5. The number of nitrogen functional groups attached to an aromatic ring is 1. The van der Waals surface area contributed by atoms with Gasteiger partial charge in [-0.2, -0.15) is 0 Å². The van der Waals surface area contributed by atoms with Crippen LogP contribution in [-0.4, -0.2) is 47.9 Å². The molecule has 0 bridgehead atoms. The average Bonchev–Trinajstić information content (AvgIpc) is 3.03. The van der Waals surface area contributed by atoms with E-state index < -0.39 is 5.82 Å². The molecule has 5 heteroatoms. The number of nitrogens with two attached hydrogens (primary N) is 1. The minimum Gasteiger partial charge on any atom is -0.399 e. The third-order valence-corrected chi connectivity index (χ3v) is 4.56. The Bertz CT molecular complexity index is 528. The second-order valence-electron chi connectivity index (χ2n) is 6.03. The minimum absolute atomic E-state index is 0.0945. The van der Waals surface area contributed by atoms with Crippen molar-refractivity contribution in [2.75, 3.05) is 31.9 Å². The fraction of sp³-hybridized carbons (Fsp3) is 0.562. The zero-order valence-corrected chi connectivity index (χ0v) is 12.2. The molecule has 0 aromatic heterocycles. The highest BCUT2D eigenvalue weighted by molar-refractivity contribution is 5.95. The lowest BCUT2D eigenvalue weighted by Gasteiger charge is -2.37. The number of nitrogens with zero attached hydrogens (tertiary/aromatic N) is 2. The molecule has 2 aliphatic heterocycles. The highest BCUT2D eigenvalue weighted by Crippen LogP contribution is 2.23. The third kappa shape index (κ3) is 3.02. The molecule has 1 unspecified atom stereocenters. The standard InChI is InChI=1S/C16H22FN3O/c17-15-6-5-12(18)10-14(15)16(21)20-9-3-4-13(11-20)19-7-1-2-8-19/h5-6,10,13H,1-4,7-9,11,18H2. The van der Waals surface area contributed by atoms with E-state index in [4.69, 9.17) is 5.73 Å². The van der Waals surface area contributed by atoms with Crippen molar-refractivity contribution in [1.29, 1.82) is 0 Å². The Labute approximate surface area is 124 Å². The van der Waals surface area contributed by atoms with Crippen molar-refractivity contribution in [2.24, 2.45) is 0 Å². The van der Waals surface area contributed by atoms with Gasteiger partial charge < -0.3 is 10.6 Å². The lowest BCUT2D eigenvalue weighted by molar-refractivity contribution is 0.0603. The first-order valence-electron chi connectivity index (χ1n) is 7.73. The van der Waals surface area contributed by atoms with Gasteiger partial charge in [-0.15, -0.1) is 0 Å². The van der Waals surface area contributed by atoms with Gasteiger partial charge in [-0.3, -0.25) is 9.69 Å². The van der Waals surface area contributed by atoms with Crippen LogP contribution in [-0.2, 0) is 0 Å². The summed E-state index contributed by atoms with van der Waals surface area (Å²) in [5, 5.41) is 0. The number of likely N-dealkylation sites (tertiary alicyclic amines) is 2. The minimum atomic E-state index is -0.488. The van der Waals surface area contributed by atoms with Crippen LogP contribution in [0.15, 0.2) is 18.2 Å². The molecule has 2 N–H and O–H groups in total. The van der Waals surface area contributed by atoms with Crippen molar-refractivity contribution in [3.63, 3.8) is 0 Å². The molecule has 114 valence electrons. The summed E-state index contributed by atoms with van der Waals surface area (Å²) in [6.45, 7) is 3.66. The second kappa shape index (κ2) is 6.02. The molecule has 1 aromatic rings. The highest BCUT2D eigenvalue weighted by atomic mass is 19.1. The van der Waals surface area contributed by atoms with E-state index in [1.165, 1.54) is 31.0 Å². The van der Waals surface area contributed by atoms with Gasteiger partial charge in [-0.25, -0.2) is 4.39 Å². The van der Waals surface area contributed by atoms with E-state index in [9.17, 15) is 9.18 Å². The van der Waals surface area contributed by atoms with Crippen molar-refractivity contribution in [1.82, 2.24) is 9.80 Å². The van der Waals surface area contributed by atoms with E-state index in [1.807, 2.05) is 0 Å². The zero-order valence-electron chi connectivity index (χ0n) is 12.2. The first-order valence-corrected chi connectivity index (χ1v) is 7.73. The van der Waals surface area contributed by atoms with Crippen molar-refractivity contribution < 1.29 is 9.18 Å². The van der Waals surface area contributed by atoms with E-state index in [2.05, 4.69) is 4.90 Å². The van der Waals surface area contributed by atoms with Crippen LogP contribution in [0.2, 0.25) is 0 Å². The summed E-state index contributed by atoms with van der Waals surface area (Å²) in [6, 6.07) is 4.62. The molecule has 0 saturated carbocycles. The Morgan fingerprint density at radius 2 is 1.95 bits per heavy atom. The molecule has 1 atom stereocenters. The van der Waals surface area contributed by atoms with Gasteiger partial charge in [0.25, 0.3) is 5.91 Å². The van der Waals surface area contributed by atoms with E-state index in [1.54, 1.807) is 4.90 Å². The Kier molecular flexibility index (Phi) is 4.10. The van der Waals surface area contributed by atoms with Gasteiger partial charge in [-0.05, 0) is 57.0 Å². The number of carbonyl (C=O) groups is 1. The summed E-state index contributed by atoms with van der Waals surface area (Å²) in [5.41, 5.74) is 6.19. The molecule has 1 amide bonds. The van der Waals surface area contributed by atoms with Crippen LogP contribution < -0.4 is 5.73 Å². The molecule has 4 nitrogen and oxygen atoms in total. The molecular weight excluding hydrogens is 269 g/mol. The number of halogens is 1. The van der Waals surface area contributed by atoms with Gasteiger partial charge >= 0.3 is 0 Å². The number of hydrogen-bond donors (Lipinski definition) is 1. The van der Waals surface area contributed by atoms with Crippen molar-refractivity contribution in [3.05, 3.63) is 29.6 Å². The lowest BCUT2D eigenvalue weighted by atomic mass is 10.0. The van der Waals surface area contributed by atoms with Crippen molar-refractivity contribution in [3.8, 4) is 0 Å². The van der Waals surface area contributed by atoms with Gasteiger partial charge in [0.05, 0.1) is 5.56 Å². The topological polar surface area (TPSA) is 49.6 Å². The number of amides is 1. The smallest absolute Gasteiger partial charge is 0.256 e. The van der Waals surface area contributed by atoms with Gasteiger partial charge in [-0.1, -0.05) is 0 Å². The summed E-state index contributed by atoms with van der Waals surface area (Å²) in [5.74, 6) is -0.721. The first-order chi connectivity index (χ1) is 10.1. The summed E-state index contributed by atoms with van der Waals surface area (Å²) >= 11 is 0. The number of piperidine rings is 1. The predicted octanol–water partition coefficient (Wildman–Crippen LogP) is 2.11. The van der Waals surface area contributed by atoms with Crippen LogP contribution in [0.3, 0.4) is 0 Å². The Balaban J connectivity index is 1.73. The van der Waals surface area contributed by atoms with Gasteiger partial charge in [0.1, 0.15) is 5.82 Å². The van der Waals surface area contributed by atoms with E-state index in [0.717, 1.165) is 25.9 Å². The molecule has 1 aromatic carbocycles. The highest BCUT2D eigenvalue weighted by Gasteiger charge is 2.30. The van der Waals surface area contributed by atoms with E-state index in [-0.39, 0.29) is 11.5 Å². The maximum absolute atomic E-state index is 13.9. The van der Waals surface area contributed by atoms with Crippen LogP contribution in [0.5, 0.6) is 0 Å². The number of benzene rings is 1. The maximum atomic E-state index is 13.9. The summed E-state index contributed by atoms with van der Waals surface area (Å²) in [4.78, 5) is 16.8. The Morgan fingerprint density at radius 1 is 1.19 bits per heavy atom. The number of anilines is 1. The Morgan fingerprint density at radius 3 is 2.71 bits per heavy atom. The fourth-order valence-electron chi connectivity index (χ4n) is 3.42. The van der Waals surface area contributed by atoms with Crippen molar-refractivity contribution >= 4 is 11.6 Å². The summed E-state index contributed by atoms with van der Waals surface area (Å²) < 4.78 is 13.9. The SMILES string of the molecule is Nc1ccc(F)c(C(=O)N2CCCC(N3CCCC3)C2)c1. The molecule has 2 saturated heterocycles. The third-order valence-electron chi connectivity index (χ3n) is 4.56. The summed E-state index contributed by atoms with van der Waals surface area (Å²) in [7, 11) is 0. The van der Waals surface area contributed by atoms with Crippen molar-refractivity contribution in [2.45, 2.75) is 31.7 Å². The number of hydrogen-bond acceptors (Lipinski definition) is 3. The zero-order chi connectivity index (χ0) is 14.8. The summed E-state index contributed by atoms with van der Waals surface area (Å²) in [6.07, 6.45) is 4.60. The maximum Gasteiger partial charge on any atom is 0.256 e. The molecule has 2 aliphatic rings. The van der Waals surface area contributed by atoms with Gasteiger partial charge in [0.2, 0.25) is 0 Å². The van der Waals surface area contributed by atoms with E-state index in [0.29, 0.717) is 24.8 Å². The Hall–Kier alpha value is -1.62. The number of rotatable bonds is 2. The number of carbonyl (C=O) groups excluding carboxylic acids is 1. The molecule has 0 spiro atoms. The first kappa shape index (κ1) is 14.3. The van der Waals surface area contributed by atoms with E-state index >= 15 is 0 Å². The van der Waals surface area contributed by atoms with Crippen LogP contribution in [0.25, 0.3) is 0 Å². The molecule has 3 rings (SSSR count). The monoisotopic (exact) mass is 291 g/mol. The second-order valence-corrected chi connectivity index (χ2v) is 6.03. The molecule has 21 heavy (non-hydrogen) atoms. The van der Waals surface area contributed by atoms with Crippen LogP contribution >= 0.6 is 0 Å². The molecule has 2 heterocycles. The van der Waals surface area contributed by atoms with Crippen LogP contribution in [0.4, 0.5) is 10.1 Å². The quantitative estimate of drug-likeness (QED) is 0.849. The van der Waals surface area contributed by atoms with Crippen LogP contribution in [0, 0.1) is 5.82 Å². The predicted molar refractivity (Wildman–Crippen MR) is 80.5 cm³/mol. The van der Waals surface area contributed by atoms with Crippen LogP contribution in [0.1, 0.15) is 36.0 Å². The fourth-order valence-corrected chi connectivity index (χ4v) is 3.42.